The number of carbonyl (C=O) groups excluding carboxylic acids is 1. The van der Waals surface area contributed by atoms with Crippen molar-refractivity contribution >= 4 is 11.6 Å². The molecule has 1 saturated heterocycles. The summed E-state index contributed by atoms with van der Waals surface area (Å²) in [5.74, 6) is 1.47. The second-order valence-electron chi connectivity index (χ2n) is 5.06. The number of piperidine rings is 1. The number of hydrogen-bond donors (Lipinski definition) is 2. The van der Waals surface area contributed by atoms with Crippen molar-refractivity contribution in [2.75, 3.05) is 31.6 Å². The number of nitrogens with one attached hydrogen (secondary N) is 2. The third-order valence-electron chi connectivity index (χ3n) is 3.49. The topological polar surface area (TPSA) is 59.6 Å². The van der Waals surface area contributed by atoms with Gasteiger partial charge in [0.25, 0.3) is 0 Å². The zero-order valence-electron chi connectivity index (χ0n) is 12.8. The van der Waals surface area contributed by atoms with E-state index in [1.165, 1.54) is 0 Å². The molecular weight excluding hydrogens is 268 g/mol. The predicted molar refractivity (Wildman–Crippen MR) is 83.0 cm³/mol. The van der Waals surface area contributed by atoms with Gasteiger partial charge in [-0.05, 0) is 45.4 Å². The minimum atomic E-state index is 0.0176. The van der Waals surface area contributed by atoms with E-state index in [1.807, 2.05) is 32.0 Å². The van der Waals surface area contributed by atoms with Gasteiger partial charge in [0.15, 0.2) is 0 Å². The van der Waals surface area contributed by atoms with Crippen molar-refractivity contribution in [2.24, 2.45) is 5.92 Å². The molecule has 0 aliphatic carbocycles. The fourth-order valence-corrected chi connectivity index (χ4v) is 2.45. The largest absolute Gasteiger partial charge is 0.494 e. The lowest BCUT2D eigenvalue weighted by Gasteiger charge is -2.22. The van der Waals surface area contributed by atoms with E-state index in [0.29, 0.717) is 24.7 Å². The average Bonchev–Trinajstić information content (AvgIpc) is 2.51. The maximum absolute atomic E-state index is 12.3. The van der Waals surface area contributed by atoms with E-state index >= 15 is 0 Å². The Kier molecular flexibility index (Phi) is 5.87. The first-order chi connectivity index (χ1) is 10.2. The van der Waals surface area contributed by atoms with Gasteiger partial charge in [-0.15, -0.1) is 0 Å². The highest BCUT2D eigenvalue weighted by atomic mass is 16.5. The Hall–Kier alpha value is -1.75. The fourth-order valence-electron chi connectivity index (χ4n) is 2.45. The summed E-state index contributed by atoms with van der Waals surface area (Å²) >= 11 is 0. The molecule has 1 amide bonds. The zero-order valence-corrected chi connectivity index (χ0v) is 12.8. The minimum absolute atomic E-state index is 0.0176. The number of anilines is 1. The van der Waals surface area contributed by atoms with Crippen molar-refractivity contribution < 1.29 is 14.3 Å². The Balaban J connectivity index is 2.11. The molecular formula is C16H24N2O3. The van der Waals surface area contributed by atoms with E-state index in [2.05, 4.69) is 10.6 Å². The molecule has 1 aliphatic heterocycles. The van der Waals surface area contributed by atoms with E-state index in [0.717, 1.165) is 31.7 Å². The molecule has 0 saturated carbocycles. The Bertz CT molecular complexity index is 471. The summed E-state index contributed by atoms with van der Waals surface area (Å²) < 4.78 is 11.1. The Morgan fingerprint density at radius 3 is 2.81 bits per heavy atom. The van der Waals surface area contributed by atoms with Crippen LogP contribution in [-0.2, 0) is 4.79 Å². The number of amides is 1. The molecule has 0 spiro atoms. The van der Waals surface area contributed by atoms with Crippen LogP contribution in [0.5, 0.6) is 11.5 Å². The van der Waals surface area contributed by atoms with Crippen LogP contribution in [0.15, 0.2) is 18.2 Å². The first kappa shape index (κ1) is 15.6. The van der Waals surface area contributed by atoms with Crippen molar-refractivity contribution in [3.8, 4) is 11.5 Å². The van der Waals surface area contributed by atoms with Crippen LogP contribution >= 0.6 is 0 Å². The Labute approximate surface area is 126 Å². The summed E-state index contributed by atoms with van der Waals surface area (Å²) in [6, 6.07) is 5.51. The van der Waals surface area contributed by atoms with E-state index in [9.17, 15) is 4.79 Å². The first-order valence-electron chi connectivity index (χ1n) is 7.65. The SMILES string of the molecule is CCOc1ccc(OCC)c(NC(=O)[C@@H]2CCCNC2)c1. The van der Waals surface area contributed by atoms with Crippen LogP contribution in [0.4, 0.5) is 5.69 Å². The van der Waals surface area contributed by atoms with Crippen LogP contribution in [0.3, 0.4) is 0 Å². The molecule has 1 aliphatic rings. The highest BCUT2D eigenvalue weighted by molar-refractivity contribution is 5.94. The minimum Gasteiger partial charge on any atom is -0.494 e. The van der Waals surface area contributed by atoms with Crippen LogP contribution in [-0.4, -0.2) is 32.2 Å². The van der Waals surface area contributed by atoms with Gasteiger partial charge in [0.2, 0.25) is 5.91 Å². The Morgan fingerprint density at radius 2 is 2.14 bits per heavy atom. The molecule has 0 aromatic heterocycles. The van der Waals surface area contributed by atoms with E-state index in [4.69, 9.17) is 9.47 Å². The van der Waals surface area contributed by atoms with E-state index in [-0.39, 0.29) is 11.8 Å². The maximum Gasteiger partial charge on any atom is 0.228 e. The molecule has 5 nitrogen and oxygen atoms in total. The van der Waals surface area contributed by atoms with Crippen LogP contribution < -0.4 is 20.1 Å². The molecule has 21 heavy (non-hydrogen) atoms. The van der Waals surface area contributed by atoms with E-state index < -0.39 is 0 Å². The lowest BCUT2D eigenvalue weighted by Crippen LogP contribution is -2.37. The van der Waals surface area contributed by atoms with Crippen molar-refractivity contribution in [1.82, 2.24) is 5.32 Å². The summed E-state index contributed by atoms with van der Waals surface area (Å²) in [6.45, 7) is 6.74. The van der Waals surface area contributed by atoms with E-state index in [1.54, 1.807) is 0 Å². The molecule has 116 valence electrons. The maximum atomic E-state index is 12.3. The smallest absolute Gasteiger partial charge is 0.228 e. The summed E-state index contributed by atoms with van der Waals surface area (Å²) in [5, 5.41) is 6.24. The van der Waals surface area contributed by atoms with Crippen molar-refractivity contribution in [1.29, 1.82) is 0 Å². The monoisotopic (exact) mass is 292 g/mol. The van der Waals surface area contributed by atoms with Gasteiger partial charge >= 0.3 is 0 Å². The van der Waals surface area contributed by atoms with Gasteiger partial charge in [-0.25, -0.2) is 0 Å². The zero-order chi connectivity index (χ0) is 15.1. The number of ether oxygens (including phenoxy) is 2. The van der Waals surface area contributed by atoms with Gasteiger partial charge in [-0.3, -0.25) is 4.79 Å². The fraction of sp³-hybridized carbons (Fsp3) is 0.562. The van der Waals surface area contributed by atoms with Crippen LogP contribution in [0, 0.1) is 5.92 Å². The summed E-state index contributed by atoms with van der Waals surface area (Å²) in [5.41, 5.74) is 0.679. The standard InChI is InChI=1S/C16H24N2O3/c1-3-20-13-7-8-15(21-4-2)14(10-13)18-16(19)12-6-5-9-17-11-12/h7-8,10,12,17H,3-6,9,11H2,1-2H3,(H,18,19)/t12-/m1/s1. The van der Waals surface area contributed by atoms with Gasteiger partial charge in [0, 0.05) is 12.6 Å². The molecule has 5 heteroatoms. The van der Waals surface area contributed by atoms with Crippen molar-refractivity contribution in [3.63, 3.8) is 0 Å². The summed E-state index contributed by atoms with van der Waals surface area (Å²) in [4.78, 5) is 12.3. The number of carbonyl (C=O) groups is 1. The molecule has 2 N–H and O–H groups in total. The number of benzene rings is 1. The quantitative estimate of drug-likeness (QED) is 0.845. The van der Waals surface area contributed by atoms with Crippen molar-refractivity contribution in [2.45, 2.75) is 26.7 Å². The Morgan fingerprint density at radius 1 is 1.33 bits per heavy atom. The van der Waals surface area contributed by atoms with Crippen molar-refractivity contribution in [3.05, 3.63) is 18.2 Å². The van der Waals surface area contributed by atoms with Gasteiger partial charge in [-0.2, -0.15) is 0 Å². The second kappa shape index (κ2) is 7.88. The third kappa shape index (κ3) is 4.36. The van der Waals surface area contributed by atoms with Gasteiger partial charge in [0.05, 0.1) is 24.8 Å². The molecule has 1 aromatic carbocycles. The lowest BCUT2D eigenvalue weighted by molar-refractivity contribution is -0.120. The van der Waals surface area contributed by atoms with Crippen LogP contribution in [0.1, 0.15) is 26.7 Å². The van der Waals surface area contributed by atoms with Crippen LogP contribution in [0.2, 0.25) is 0 Å². The summed E-state index contributed by atoms with van der Waals surface area (Å²) in [7, 11) is 0. The van der Waals surface area contributed by atoms with Gasteiger partial charge < -0.3 is 20.1 Å². The predicted octanol–water partition coefficient (Wildman–Crippen LogP) is 2.42. The molecule has 1 heterocycles. The van der Waals surface area contributed by atoms with Gasteiger partial charge in [0.1, 0.15) is 11.5 Å². The number of rotatable bonds is 6. The number of hydrogen-bond acceptors (Lipinski definition) is 4. The highest BCUT2D eigenvalue weighted by Gasteiger charge is 2.22. The lowest BCUT2D eigenvalue weighted by atomic mass is 9.99. The second-order valence-corrected chi connectivity index (χ2v) is 5.06. The van der Waals surface area contributed by atoms with Crippen LogP contribution in [0.25, 0.3) is 0 Å². The highest BCUT2D eigenvalue weighted by Crippen LogP contribution is 2.30. The summed E-state index contributed by atoms with van der Waals surface area (Å²) in [6.07, 6.45) is 1.96. The average molecular weight is 292 g/mol. The molecule has 1 fully saturated rings. The first-order valence-corrected chi connectivity index (χ1v) is 7.65. The molecule has 0 unspecified atom stereocenters. The molecule has 1 aromatic rings. The third-order valence-corrected chi connectivity index (χ3v) is 3.49. The molecule has 2 rings (SSSR count). The van der Waals surface area contributed by atoms with Gasteiger partial charge in [-0.1, -0.05) is 0 Å². The molecule has 1 atom stereocenters. The molecule has 0 bridgehead atoms. The normalized spacial score (nSPS) is 18.1. The molecule has 0 radical (unpaired) electrons.